The maximum absolute atomic E-state index is 12.3. The molecule has 96 valence electrons. The van der Waals surface area contributed by atoms with E-state index >= 15 is 0 Å². The van der Waals surface area contributed by atoms with Gasteiger partial charge in [0.05, 0.1) is 21.4 Å². The van der Waals surface area contributed by atoms with Crippen LogP contribution in [-0.4, -0.2) is 18.0 Å². The van der Waals surface area contributed by atoms with Crippen LogP contribution in [0.3, 0.4) is 0 Å². The van der Waals surface area contributed by atoms with Crippen molar-refractivity contribution in [2.75, 3.05) is 16.8 Å². The van der Waals surface area contributed by atoms with Gasteiger partial charge in [-0.1, -0.05) is 29.3 Å². The summed E-state index contributed by atoms with van der Waals surface area (Å²) >= 11 is 12.0. The average molecular weight is 285 g/mol. The summed E-state index contributed by atoms with van der Waals surface area (Å²) in [6.45, 7) is 7.78. The summed E-state index contributed by atoms with van der Waals surface area (Å²) in [4.78, 5) is 14.0. The van der Waals surface area contributed by atoms with Crippen molar-refractivity contribution in [1.29, 1.82) is 0 Å². The van der Waals surface area contributed by atoms with Gasteiger partial charge in [0.15, 0.2) is 0 Å². The van der Waals surface area contributed by atoms with Gasteiger partial charge in [-0.2, -0.15) is 0 Å². The number of nitrogens with one attached hydrogen (secondary N) is 1. The van der Waals surface area contributed by atoms with E-state index in [1.165, 1.54) is 0 Å². The highest BCUT2D eigenvalue weighted by molar-refractivity contribution is 6.42. The number of fused-ring (bicyclic) bond motifs is 1. The monoisotopic (exact) mass is 284 g/mol. The highest BCUT2D eigenvalue weighted by Gasteiger charge is 2.38. The Hall–Kier alpha value is -1.19. The summed E-state index contributed by atoms with van der Waals surface area (Å²) in [6, 6.07) is 3.44. The smallest absolute Gasteiger partial charge is 0.252 e. The number of anilines is 2. The number of nitrogens with zero attached hydrogens (tertiary/aromatic N) is 1. The highest BCUT2D eigenvalue weighted by Crippen LogP contribution is 2.40. The van der Waals surface area contributed by atoms with Crippen LogP contribution in [0.4, 0.5) is 11.4 Å². The van der Waals surface area contributed by atoms with Crippen LogP contribution in [0.5, 0.6) is 0 Å². The van der Waals surface area contributed by atoms with Crippen LogP contribution in [0, 0.1) is 0 Å². The summed E-state index contributed by atoms with van der Waals surface area (Å²) in [5, 5.41) is 4.07. The molecule has 1 amide bonds. The summed E-state index contributed by atoms with van der Waals surface area (Å²) in [6.07, 6.45) is 1.69. The number of carbonyl (C=O) groups excluding carboxylic acids is 1. The van der Waals surface area contributed by atoms with Crippen molar-refractivity contribution in [2.24, 2.45) is 0 Å². The molecule has 1 aromatic carbocycles. The Morgan fingerprint density at radius 2 is 2.00 bits per heavy atom. The second-order valence-corrected chi connectivity index (χ2v) is 5.55. The van der Waals surface area contributed by atoms with Crippen molar-refractivity contribution in [2.45, 2.75) is 19.4 Å². The Morgan fingerprint density at radius 3 is 2.61 bits per heavy atom. The molecule has 1 heterocycles. The lowest BCUT2D eigenvalue weighted by Crippen LogP contribution is -2.53. The summed E-state index contributed by atoms with van der Waals surface area (Å²) < 4.78 is 0. The van der Waals surface area contributed by atoms with Gasteiger partial charge < -0.3 is 10.2 Å². The molecule has 5 heteroatoms. The molecule has 0 saturated heterocycles. The molecule has 0 unspecified atom stereocenters. The van der Waals surface area contributed by atoms with Gasteiger partial charge >= 0.3 is 0 Å². The van der Waals surface area contributed by atoms with Crippen LogP contribution in [0.1, 0.15) is 13.8 Å². The summed E-state index contributed by atoms with van der Waals surface area (Å²) in [5.74, 6) is -0.0201. The van der Waals surface area contributed by atoms with E-state index < -0.39 is 5.54 Å². The zero-order chi connectivity index (χ0) is 13.5. The Labute approximate surface area is 116 Å². The summed E-state index contributed by atoms with van der Waals surface area (Å²) in [5.41, 5.74) is 0.858. The topological polar surface area (TPSA) is 32.3 Å². The van der Waals surface area contributed by atoms with Gasteiger partial charge in [0.25, 0.3) is 5.91 Å². The lowest BCUT2D eigenvalue weighted by molar-refractivity contribution is -0.122. The Morgan fingerprint density at radius 1 is 1.39 bits per heavy atom. The SMILES string of the molecule is C=CCN1C(=O)C(C)(C)Nc2cc(Cl)c(Cl)cc21. The van der Waals surface area contributed by atoms with Gasteiger partial charge in [0.2, 0.25) is 0 Å². The van der Waals surface area contributed by atoms with Crippen molar-refractivity contribution in [1.82, 2.24) is 0 Å². The minimum atomic E-state index is -0.673. The van der Waals surface area contributed by atoms with E-state index in [-0.39, 0.29) is 5.91 Å². The molecule has 0 bridgehead atoms. The van der Waals surface area contributed by atoms with Crippen molar-refractivity contribution >= 4 is 40.5 Å². The molecule has 0 aromatic heterocycles. The van der Waals surface area contributed by atoms with E-state index in [4.69, 9.17) is 23.2 Å². The molecule has 1 aromatic rings. The maximum atomic E-state index is 12.3. The van der Waals surface area contributed by atoms with Gasteiger partial charge in [0.1, 0.15) is 5.54 Å². The number of halogens is 2. The molecule has 1 aliphatic rings. The van der Waals surface area contributed by atoms with Crippen LogP contribution in [0.2, 0.25) is 10.0 Å². The minimum Gasteiger partial charge on any atom is -0.370 e. The van der Waals surface area contributed by atoms with E-state index in [9.17, 15) is 4.79 Å². The van der Waals surface area contributed by atoms with Crippen LogP contribution < -0.4 is 10.2 Å². The van der Waals surface area contributed by atoms with Gasteiger partial charge in [-0.15, -0.1) is 6.58 Å². The third kappa shape index (κ3) is 2.08. The molecule has 0 saturated carbocycles. The zero-order valence-corrected chi connectivity index (χ0v) is 11.8. The van der Waals surface area contributed by atoms with Crippen LogP contribution in [-0.2, 0) is 4.79 Å². The normalized spacial score (nSPS) is 17.1. The van der Waals surface area contributed by atoms with E-state index in [0.29, 0.717) is 16.6 Å². The molecule has 1 aliphatic heterocycles. The molecule has 0 aliphatic carbocycles. The standard InChI is InChI=1S/C13H14Cl2N2O/c1-4-5-17-11-7-9(15)8(14)6-10(11)16-13(2,3)12(17)18/h4,6-7,16H,1,5H2,2-3H3. The lowest BCUT2D eigenvalue weighted by atomic mass is 9.98. The number of carbonyl (C=O) groups is 1. The first kappa shape index (κ1) is 13.2. The van der Waals surface area contributed by atoms with Gasteiger partial charge in [-0.3, -0.25) is 4.79 Å². The van der Waals surface area contributed by atoms with Crippen LogP contribution in [0.15, 0.2) is 24.8 Å². The molecule has 0 spiro atoms. The molecule has 3 nitrogen and oxygen atoms in total. The Kier molecular flexibility index (Phi) is 3.30. The summed E-state index contributed by atoms with van der Waals surface area (Å²) in [7, 11) is 0. The first-order valence-corrected chi connectivity index (χ1v) is 6.32. The van der Waals surface area contributed by atoms with E-state index in [0.717, 1.165) is 11.4 Å². The quantitative estimate of drug-likeness (QED) is 0.840. The number of rotatable bonds is 2. The predicted octanol–water partition coefficient (Wildman–Crippen LogP) is 3.72. The van der Waals surface area contributed by atoms with Gasteiger partial charge in [-0.25, -0.2) is 0 Å². The Bertz CT molecular complexity index is 526. The van der Waals surface area contributed by atoms with E-state index in [1.54, 1.807) is 23.1 Å². The lowest BCUT2D eigenvalue weighted by Gasteiger charge is -2.39. The molecule has 2 rings (SSSR count). The van der Waals surface area contributed by atoms with E-state index in [1.807, 2.05) is 13.8 Å². The van der Waals surface area contributed by atoms with Crippen LogP contribution in [0.25, 0.3) is 0 Å². The fourth-order valence-electron chi connectivity index (χ4n) is 2.01. The third-order valence-corrected chi connectivity index (χ3v) is 3.59. The van der Waals surface area contributed by atoms with Crippen LogP contribution >= 0.6 is 23.2 Å². The zero-order valence-electron chi connectivity index (χ0n) is 10.3. The maximum Gasteiger partial charge on any atom is 0.252 e. The minimum absolute atomic E-state index is 0.0201. The largest absolute Gasteiger partial charge is 0.370 e. The first-order chi connectivity index (χ1) is 8.36. The van der Waals surface area contributed by atoms with Crippen molar-refractivity contribution < 1.29 is 4.79 Å². The molecule has 0 radical (unpaired) electrons. The predicted molar refractivity (Wildman–Crippen MR) is 76.7 cm³/mol. The van der Waals surface area contributed by atoms with Crippen molar-refractivity contribution in [3.63, 3.8) is 0 Å². The molecular weight excluding hydrogens is 271 g/mol. The Balaban J connectivity index is 2.59. The molecular formula is C13H14Cl2N2O. The fraction of sp³-hybridized carbons (Fsp3) is 0.308. The third-order valence-electron chi connectivity index (χ3n) is 2.87. The van der Waals surface area contributed by atoms with E-state index in [2.05, 4.69) is 11.9 Å². The second kappa shape index (κ2) is 4.48. The number of amides is 1. The second-order valence-electron chi connectivity index (χ2n) is 4.74. The van der Waals surface area contributed by atoms with Gasteiger partial charge in [-0.05, 0) is 26.0 Å². The highest BCUT2D eigenvalue weighted by atomic mass is 35.5. The molecule has 18 heavy (non-hydrogen) atoms. The molecule has 0 fully saturated rings. The number of hydrogen-bond acceptors (Lipinski definition) is 2. The fourth-order valence-corrected chi connectivity index (χ4v) is 2.33. The number of benzene rings is 1. The van der Waals surface area contributed by atoms with Crippen molar-refractivity contribution in [3.8, 4) is 0 Å². The van der Waals surface area contributed by atoms with Crippen molar-refractivity contribution in [3.05, 3.63) is 34.8 Å². The molecule has 1 N–H and O–H groups in total. The van der Waals surface area contributed by atoms with Gasteiger partial charge in [0, 0.05) is 6.54 Å². The first-order valence-electron chi connectivity index (χ1n) is 5.57. The number of hydrogen-bond donors (Lipinski definition) is 1. The molecule has 0 atom stereocenters. The average Bonchev–Trinajstić information content (AvgIpc) is 2.28.